The SMILES string of the molecule is C=CC(=O)NCC1CC(C)N(C)C1. The fraction of sp³-hybridized carbons (Fsp3) is 0.700. The number of hydrogen-bond acceptors (Lipinski definition) is 2. The van der Waals surface area contributed by atoms with Crippen molar-refractivity contribution in [3.05, 3.63) is 12.7 Å². The van der Waals surface area contributed by atoms with Crippen LogP contribution >= 0.6 is 0 Å². The molecule has 1 aliphatic rings. The molecule has 1 saturated heterocycles. The molecule has 0 aromatic heterocycles. The average Bonchev–Trinajstić information content (AvgIpc) is 2.42. The van der Waals surface area contributed by atoms with Crippen LogP contribution in [-0.2, 0) is 4.79 Å². The van der Waals surface area contributed by atoms with Crippen molar-refractivity contribution in [2.24, 2.45) is 5.92 Å². The highest BCUT2D eigenvalue weighted by molar-refractivity contribution is 5.86. The van der Waals surface area contributed by atoms with E-state index in [0.717, 1.165) is 13.1 Å². The molecule has 2 unspecified atom stereocenters. The fourth-order valence-electron chi connectivity index (χ4n) is 1.79. The van der Waals surface area contributed by atoms with Gasteiger partial charge in [0.15, 0.2) is 0 Å². The number of likely N-dealkylation sites (tertiary alicyclic amines) is 1. The highest BCUT2D eigenvalue weighted by atomic mass is 16.1. The minimum absolute atomic E-state index is 0.0674. The van der Waals surface area contributed by atoms with E-state index in [1.54, 1.807) is 0 Å². The van der Waals surface area contributed by atoms with Crippen molar-refractivity contribution in [3.63, 3.8) is 0 Å². The minimum Gasteiger partial charge on any atom is -0.352 e. The number of carbonyl (C=O) groups excluding carboxylic acids is 1. The normalized spacial score (nSPS) is 28.8. The Balaban J connectivity index is 2.24. The summed E-state index contributed by atoms with van der Waals surface area (Å²) in [5.74, 6) is 0.533. The first kappa shape index (κ1) is 10.3. The standard InChI is InChI=1S/C10H18N2O/c1-4-10(13)11-6-9-5-8(2)12(3)7-9/h4,8-9H,1,5-7H2,2-3H3,(H,11,13). The Morgan fingerprint density at radius 3 is 2.92 bits per heavy atom. The van der Waals surface area contributed by atoms with Gasteiger partial charge in [-0.05, 0) is 32.4 Å². The summed E-state index contributed by atoms with van der Waals surface area (Å²) >= 11 is 0. The van der Waals surface area contributed by atoms with Gasteiger partial charge in [0.2, 0.25) is 5.91 Å². The zero-order valence-corrected chi connectivity index (χ0v) is 8.42. The van der Waals surface area contributed by atoms with Crippen LogP contribution in [0.1, 0.15) is 13.3 Å². The molecule has 0 bridgehead atoms. The Morgan fingerprint density at radius 1 is 1.77 bits per heavy atom. The van der Waals surface area contributed by atoms with E-state index < -0.39 is 0 Å². The molecule has 13 heavy (non-hydrogen) atoms. The highest BCUT2D eigenvalue weighted by Gasteiger charge is 2.25. The van der Waals surface area contributed by atoms with Crippen LogP contribution in [0.15, 0.2) is 12.7 Å². The molecule has 1 aliphatic heterocycles. The third-order valence-electron chi connectivity index (χ3n) is 2.72. The second kappa shape index (κ2) is 4.42. The van der Waals surface area contributed by atoms with E-state index in [-0.39, 0.29) is 5.91 Å². The van der Waals surface area contributed by atoms with Crippen LogP contribution in [0.3, 0.4) is 0 Å². The van der Waals surface area contributed by atoms with Crippen LogP contribution < -0.4 is 5.32 Å². The van der Waals surface area contributed by atoms with Crippen molar-refractivity contribution in [3.8, 4) is 0 Å². The zero-order valence-electron chi connectivity index (χ0n) is 8.42. The Bertz CT molecular complexity index is 193. The molecule has 74 valence electrons. The van der Waals surface area contributed by atoms with Crippen LogP contribution in [0.5, 0.6) is 0 Å². The largest absolute Gasteiger partial charge is 0.352 e. The molecular weight excluding hydrogens is 164 g/mol. The van der Waals surface area contributed by atoms with Gasteiger partial charge in [0.05, 0.1) is 0 Å². The second-order valence-electron chi connectivity index (χ2n) is 3.84. The maximum atomic E-state index is 10.9. The summed E-state index contributed by atoms with van der Waals surface area (Å²) in [5.41, 5.74) is 0. The molecule has 1 amide bonds. The van der Waals surface area contributed by atoms with Crippen LogP contribution in [0.25, 0.3) is 0 Å². The van der Waals surface area contributed by atoms with Gasteiger partial charge in [-0.3, -0.25) is 4.79 Å². The van der Waals surface area contributed by atoms with Crippen LogP contribution in [-0.4, -0.2) is 37.0 Å². The van der Waals surface area contributed by atoms with Gasteiger partial charge in [-0.2, -0.15) is 0 Å². The molecule has 3 nitrogen and oxygen atoms in total. The minimum atomic E-state index is -0.0674. The summed E-state index contributed by atoms with van der Waals surface area (Å²) in [6, 6.07) is 0.644. The van der Waals surface area contributed by atoms with Crippen molar-refractivity contribution in [2.75, 3.05) is 20.1 Å². The van der Waals surface area contributed by atoms with E-state index >= 15 is 0 Å². The average molecular weight is 182 g/mol. The van der Waals surface area contributed by atoms with E-state index in [9.17, 15) is 4.79 Å². The van der Waals surface area contributed by atoms with Crippen LogP contribution in [0, 0.1) is 5.92 Å². The first-order valence-electron chi connectivity index (χ1n) is 4.74. The summed E-state index contributed by atoms with van der Waals surface area (Å²) < 4.78 is 0. The third-order valence-corrected chi connectivity index (χ3v) is 2.72. The maximum Gasteiger partial charge on any atom is 0.243 e. The van der Waals surface area contributed by atoms with Gasteiger partial charge in [0, 0.05) is 19.1 Å². The van der Waals surface area contributed by atoms with Crippen LogP contribution in [0.4, 0.5) is 0 Å². The lowest BCUT2D eigenvalue weighted by Gasteiger charge is -2.12. The predicted octanol–water partition coefficient (Wildman–Crippen LogP) is 0.629. The first-order valence-corrected chi connectivity index (χ1v) is 4.74. The number of carbonyl (C=O) groups is 1. The van der Waals surface area contributed by atoms with Crippen molar-refractivity contribution >= 4 is 5.91 Å². The molecular formula is C10H18N2O. The third kappa shape index (κ3) is 2.84. The first-order chi connectivity index (χ1) is 6.13. The molecule has 0 aliphatic carbocycles. The molecule has 1 N–H and O–H groups in total. The summed E-state index contributed by atoms with van der Waals surface area (Å²) in [7, 11) is 2.12. The number of nitrogens with one attached hydrogen (secondary N) is 1. The Morgan fingerprint density at radius 2 is 2.46 bits per heavy atom. The molecule has 0 spiro atoms. The number of amides is 1. The summed E-state index contributed by atoms with van der Waals surface area (Å²) in [5, 5.41) is 2.83. The zero-order chi connectivity index (χ0) is 9.84. The topological polar surface area (TPSA) is 32.3 Å². The number of hydrogen-bond donors (Lipinski definition) is 1. The quantitative estimate of drug-likeness (QED) is 0.649. The molecule has 2 atom stereocenters. The fourth-order valence-corrected chi connectivity index (χ4v) is 1.79. The van der Waals surface area contributed by atoms with Gasteiger partial charge in [-0.1, -0.05) is 6.58 Å². The number of rotatable bonds is 3. The van der Waals surface area contributed by atoms with Gasteiger partial charge in [-0.15, -0.1) is 0 Å². The second-order valence-corrected chi connectivity index (χ2v) is 3.84. The molecule has 0 aromatic carbocycles. The van der Waals surface area contributed by atoms with Gasteiger partial charge < -0.3 is 10.2 Å². The lowest BCUT2D eigenvalue weighted by atomic mass is 10.1. The molecule has 0 saturated carbocycles. The monoisotopic (exact) mass is 182 g/mol. The molecule has 0 aromatic rings. The summed E-state index contributed by atoms with van der Waals surface area (Å²) in [6.45, 7) is 7.49. The molecule has 1 heterocycles. The lowest BCUT2D eigenvalue weighted by Crippen LogP contribution is -2.29. The molecule has 3 heteroatoms. The van der Waals surface area contributed by atoms with Crippen molar-refractivity contribution < 1.29 is 4.79 Å². The van der Waals surface area contributed by atoms with E-state index in [1.165, 1.54) is 12.5 Å². The molecule has 1 fully saturated rings. The smallest absolute Gasteiger partial charge is 0.243 e. The summed E-state index contributed by atoms with van der Waals surface area (Å²) in [4.78, 5) is 13.2. The van der Waals surface area contributed by atoms with Gasteiger partial charge in [0.25, 0.3) is 0 Å². The molecule has 1 rings (SSSR count). The summed E-state index contributed by atoms with van der Waals surface area (Å²) in [6.07, 6.45) is 2.50. The number of nitrogens with zero attached hydrogens (tertiary/aromatic N) is 1. The lowest BCUT2D eigenvalue weighted by molar-refractivity contribution is -0.116. The Hall–Kier alpha value is -0.830. The van der Waals surface area contributed by atoms with E-state index in [0.29, 0.717) is 12.0 Å². The van der Waals surface area contributed by atoms with Crippen molar-refractivity contribution in [2.45, 2.75) is 19.4 Å². The predicted molar refractivity (Wildman–Crippen MR) is 53.4 cm³/mol. The molecule has 0 radical (unpaired) electrons. The Kier molecular flexibility index (Phi) is 3.48. The van der Waals surface area contributed by atoms with Gasteiger partial charge >= 0.3 is 0 Å². The maximum absolute atomic E-state index is 10.9. The van der Waals surface area contributed by atoms with E-state index in [2.05, 4.69) is 30.8 Å². The Labute approximate surface area is 79.8 Å². The highest BCUT2D eigenvalue weighted by Crippen LogP contribution is 2.19. The van der Waals surface area contributed by atoms with E-state index in [1.807, 2.05) is 0 Å². The van der Waals surface area contributed by atoms with E-state index in [4.69, 9.17) is 0 Å². The van der Waals surface area contributed by atoms with Crippen LogP contribution in [0.2, 0.25) is 0 Å². The van der Waals surface area contributed by atoms with Crippen molar-refractivity contribution in [1.29, 1.82) is 0 Å². The van der Waals surface area contributed by atoms with Gasteiger partial charge in [0.1, 0.15) is 0 Å². The van der Waals surface area contributed by atoms with Crippen molar-refractivity contribution in [1.82, 2.24) is 10.2 Å². The van der Waals surface area contributed by atoms with Gasteiger partial charge in [-0.25, -0.2) is 0 Å².